The lowest BCUT2D eigenvalue weighted by molar-refractivity contribution is -0.127. The number of carbonyl (C=O) groups excluding carboxylic acids is 2. The number of aromatic nitrogens is 1. The maximum Gasteiger partial charge on any atom is 0.275 e. The van der Waals surface area contributed by atoms with Gasteiger partial charge in [0, 0.05) is 11.7 Å². The van der Waals surface area contributed by atoms with Gasteiger partial charge in [-0.25, -0.2) is 0 Å². The Kier molecular flexibility index (Phi) is 5.65. The van der Waals surface area contributed by atoms with Crippen molar-refractivity contribution in [3.05, 3.63) is 46.4 Å². The minimum atomic E-state index is -1.11. The highest BCUT2D eigenvalue weighted by molar-refractivity contribution is 7.17. The number of fused-ring (bicyclic) bond motifs is 3. The van der Waals surface area contributed by atoms with Crippen molar-refractivity contribution in [1.82, 2.24) is 9.88 Å². The third-order valence-electron chi connectivity index (χ3n) is 7.14. The number of rotatable bonds is 4. The average molecular weight is 486 g/mol. The number of hydrogen-bond acceptors (Lipinski definition) is 4. The van der Waals surface area contributed by atoms with Crippen LogP contribution in [0.3, 0.4) is 0 Å². The number of benzene rings is 1. The predicted octanol–water partition coefficient (Wildman–Crippen LogP) is 5.48. The van der Waals surface area contributed by atoms with E-state index in [1.54, 1.807) is 41.5 Å². The summed E-state index contributed by atoms with van der Waals surface area (Å²) in [7, 11) is 1.55. The van der Waals surface area contributed by atoms with E-state index in [0.717, 1.165) is 35.9 Å². The summed E-state index contributed by atoms with van der Waals surface area (Å²) >= 11 is 8.01. The van der Waals surface area contributed by atoms with Crippen molar-refractivity contribution in [1.29, 1.82) is 0 Å². The number of hydrogen-bond donors (Lipinski definition) is 1. The Morgan fingerprint density at radius 1 is 1.21 bits per heavy atom. The van der Waals surface area contributed by atoms with Crippen LogP contribution in [0.15, 0.2) is 35.7 Å². The van der Waals surface area contributed by atoms with E-state index in [1.165, 1.54) is 0 Å². The lowest BCUT2D eigenvalue weighted by atomic mass is 9.86. The fraction of sp³-hybridized carbons (Fsp3) is 0.440. The van der Waals surface area contributed by atoms with Gasteiger partial charge < -0.3 is 14.6 Å². The zero-order chi connectivity index (χ0) is 23.3. The zero-order valence-corrected chi connectivity index (χ0v) is 20.6. The van der Waals surface area contributed by atoms with Crippen molar-refractivity contribution >= 4 is 50.7 Å². The predicted molar refractivity (Wildman–Crippen MR) is 133 cm³/mol. The summed E-state index contributed by atoms with van der Waals surface area (Å²) in [6, 6.07) is 9.29. The lowest BCUT2D eigenvalue weighted by Crippen LogP contribution is -2.65. The average Bonchev–Trinajstić information content (AvgIpc) is 3.38. The number of thiophene rings is 1. The molecule has 2 amide bonds. The molecule has 174 valence electrons. The normalized spacial score (nSPS) is 25.2. The minimum Gasteiger partial charge on any atom is -0.495 e. The molecule has 8 heteroatoms. The SMILES string of the molecule is COc1ccc(N2C(=O)c3cc4sccc4n3C[C@@]2(C)C(=O)NC2CCC(C)CC2)cc1Cl. The Hall–Kier alpha value is -2.51. The van der Waals surface area contributed by atoms with Crippen LogP contribution in [0.4, 0.5) is 5.69 Å². The molecule has 3 heterocycles. The van der Waals surface area contributed by atoms with Crippen molar-refractivity contribution in [2.45, 2.75) is 57.7 Å². The topological polar surface area (TPSA) is 63.6 Å². The smallest absolute Gasteiger partial charge is 0.275 e. The molecule has 0 saturated heterocycles. The van der Waals surface area contributed by atoms with Gasteiger partial charge in [0.25, 0.3) is 5.91 Å². The maximum absolute atomic E-state index is 13.9. The molecular weight excluding hydrogens is 458 g/mol. The quantitative estimate of drug-likeness (QED) is 0.532. The Bertz CT molecular complexity index is 1230. The second-order valence-corrected chi connectivity index (χ2v) is 10.8. The minimum absolute atomic E-state index is 0.133. The van der Waals surface area contributed by atoms with Gasteiger partial charge in [-0.1, -0.05) is 18.5 Å². The van der Waals surface area contributed by atoms with Crippen LogP contribution in [0, 0.1) is 5.92 Å². The summed E-state index contributed by atoms with van der Waals surface area (Å²) < 4.78 is 8.31. The molecule has 1 aliphatic heterocycles. The summed E-state index contributed by atoms with van der Waals surface area (Å²) in [6.07, 6.45) is 4.15. The number of ether oxygens (including phenoxy) is 1. The first-order valence-electron chi connectivity index (χ1n) is 11.4. The van der Waals surface area contributed by atoms with E-state index in [4.69, 9.17) is 16.3 Å². The summed E-state index contributed by atoms with van der Waals surface area (Å²) in [5.74, 6) is 0.874. The van der Waals surface area contributed by atoms with Crippen LogP contribution in [0.25, 0.3) is 10.2 Å². The highest BCUT2D eigenvalue weighted by atomic mass is 35.5. The molecule has 3 aromatic rings. The number of anilines is 1. The fourth-order valence-corrected chi connectivity index (χ4v) is 6.23. The first-order valence-corrected chi connectivity index (χ1v) is 12.6. The van der Waals surface area contributed by atoms with Crippen LogP contribution in [0.2, 0.25) is 5.02 Å². The lowest BCUT2D eigenvalue weighted by Gasteiger charge is -2.45. The van der Waals surface area contributed by atoms with E-state index in [1.807, 2.05) is 29.0 Å². The molecule has 1 N–H and O–H groups in total. The highest BCUT2D eigenvalue weighted by Gasteiger charge is 2.49. The van der Waals surface area contributed by atoms with Crippen LogP contribution in [-0.2, 0) is 11.3 Å². The van der Waals surface area contributed by atoms with E-state index in [0.29, 0.717) is 34.6 Å². The third kappa shape index (κ3) is 3.71. The van der Waals surface area contributed by atoms with Gasteiger partial charge in [0.1, 0.15) is 17.0 Å². The fourth-order valence-electron chi connectivity index (χ4n) is 5.16. The molecule has 0 spiro atoms. The molecule has 1 saturated carbocycles. The Balaban J connectivity index is 1.57. The second-order valence-electron chi connectivity index (χ2n) is 9.45. The van der Waals surface area contributed by atoms with E-state index in [9.17, 15) is 9.59 Å². The number of methoxy groups -OCH3 is 1. The molecule has 6 nitrogen and oxygen atoms in total. The highest BCUT2D eigenvalue weighted by Crippen LogP contribution is 2.39. The molecule has 0 unspecified atom stereocenters. The first kappa shape index (κ1) is 22.3. The van der Waals surface area contributed by atoms with Crippen molar-refractivity contribution in [3.8, 4) is 5.75 Å². The Morgan fingerprint density at radius 2 is 1.97 bits per heavy atom. The van der Waals surface area contributed by atoms with Gasteiger partial charge in [-0.3, -0.25) is 14.5 Å². The van der Waals surface area contributed by atoms with E-state index < -0.39 is 5.54 Å². The molecule has 2 aliphatic rings. The van der Waals surface area contributed by atoms with Crippen molar-refractivity contribution in [2.24, 2.45) is 5.92 Å². The summed E-state index contributed by atoms with van der Waals surface area (Å²) in [4.78, 5) is 29.3. The molecule has 1 aromatic carbocycles. The van der Waals surface area contributed by atoms with Gasteiger partial charge in [0.05, 0.1) is 28.9 Å². The molecule has 1 fully saturated rings. The van der Waals surface area contributed by atoms with E-state index in [2.05, 4.69) is 12.2 Å². The maximum atomic E-state index is 13.9. The van der Waals surface area contributed by atoms with Gasteiger partial charge in [0.15, 0.2) is 0 Å². The molecule has 5 rings (SSSR count). The largest absolute Gasteiger partial charge is 0.495 e. The van der Waals surface area contributed by atoms with E-state index >= 15 is 0 Å². The Morgan fingerprint density at radius 3 is 2.67 bits per heavy atom. The van der Waals surface area contributed by atoms with Gasteiger partial charge in [-0.15, -0.1) is 11.3 Å². The van der Waals surface area contributed by atoms with E-state index in [-0.39, 0.29) is 17.9 Å². The summed E-state index contributed by atoms with van der Waals surface area (Å²) in [5, 5.41) is 5.68. The summed E-state index contributed by atoms with van der Waals surface area (Å²) in [5.41, 5.74) is 1.04. The number of nitrogens with one attached hydrogen (secondary N) is 1. The number of nitrogens with zero attached hydrogens (tertiary/aromatic N) is 2. The van der Waals surface area contributed by atoms with Crippen LogP contribution >= 0.6 is 22.9 Å². The molecule has 2 aromatic heterocycles. The van der Waals surface area contributed by atoms with Crippen LogP contribution in [-0.4, -0.2) is 35.1 Å². The van der Waals surface area contributed by atoms with Crippen molar-refractivity contribution in [3.63, 3.8) is 0 Å². The van der Waals surface area contributed by atoms with Crippen molar-refractivity contribution in [2.75, 3.05) is 12.0 Å². The standard InChI is InChI=1S/C25H28ClN3O3S/c1-15-4-6-16(7-5-15)27-24(31)25(2)14-28-19-10-11-33-22(19)13-20(28)23(30)29(25)17-8-9-21(32-3)18(26)12-17/h8-13,15-16H,4-7,14H2,1-3H3,(H,27,31)/t15?,16?,25-/m0/s1. The van der Waals surface area contributed by atoms with Crippen molar-refractivity contribution < 1.29 is 14.3 Å². The molecule has 0 radical (unpaired) electrons. The number of halogens is 1. The van der Waals surface area contributed by atoms with Gasteiger partial charge in [-0.2, -0.15) is 0 Å². The van der Waals surface area contributed by atoms with Gasteiger partial charge >= 0.3 is 0 Å². The number of carbonyl (C=O) groups is 2. The van der Waals surface area contributed by atoms with Crippen LogP contribution in [0.5, 0.6) is 5.75 Å². The second kappa shape index (κ2) is 8.37. The van der Waals surface area contributed by atoms with Gasteiger partial charge in [-0.05, 0) is 74.2 Å². The van der Waals surface area contributed by atoms with Crippen LogP contribution in [0.1, 0.15) is 50.0 Å². The van der Waals surface area contributed by atoms with Crippen LogP contribution < -0.4 is 15.0 Å². The van der Waals surface area contributed by atoms with Gasteiger partial charge in [0.2, 0.25) is 5.91 Å². The molecule has 33 heavy (non-hydrogen) atoms. The molecule has 1 aliphatic carbocycles. The Labute approximate surface area is 202 Å². The first-order chi connectivity index (χ1) is 15.8. The third-order valence-corrected chi connectivity index (χ3v) is 8.29. The molecular formula is C25H28ClN3O3S. The number of amides is 2. The molecule has 1 atom stereocenters. The zero-order valence-electron chi connectivity index (χ0n) is 19.1. The summed E-state index contributed by atoms with van der Waals surface area (Å²) in [6.45, 7) is 4.48. The monoisotopic (exact) mass is 485 g/mol. The molecule has 0 bridgehead atoms.